The fourth-order valence-electron chi connectivity index (χ4n) is 6.21. The van der Waals surface area contributed by atoms with Gasteiger partial charge in [-0.05, 0) is 80.6 Å². The van der Waals surface area contributed by atoms with Crippen molar-refractivity contribution in [2.24, 2.45) is 35.0 Å². The lowest BCUT2D eigenvalue weighted by Crippen LogP contribution is -2.49. The Kier molecular flexibility index (Phi) is 6.40. The first kappa shape index (κ1) is 23.3. The highest BCUT2D eigenvalue weighted by atomic mass is 32.1. The van der Waals surface area contributed by atoms with Gasteiger partial charge in [0.2, 0.25) is 5.91 Å². The van der Waals surface area contributed by atoms with Crippen LogP contribution < -0.4 is 5.32 Å². The Labute approximate surface area is 194 Å². The molecule has 3 atom stereocenters. The molecule has 1 heterocycles. The Balaban J connectivity index is 1.64. The Morgan fingerprint density at radius 2 is 1.69 bits per heavy atom. The van der Waals surface area contributed by atoms with Crippen molar-refractivity contribution in [3.63, 3.8) is 0 Å². The number of rotatable bonds is 5. The Bertz CT molecular complexity index is 906. The molecule has 4 aliphatic rings. The largest absolute Gasteiger partial charge is 0.481 e. The van der Waals surface area contributed by atoms with Crippen LogP contribution in [0.15, 0.2) is 0 Å². The van der Waals surface area contributed by atoms with Crippen molar-refractivity contribution in [3.8, 4) is 0 Å². The van der Waals surface area contributed by atoms with Crippen molar-refractivity contribution >= 4 is 34.2 Å². The van der Waals surface area contributed by atoms with Crippen molar-refractivity contribution in [3.05, 3.63) is 16.0 Å². The van der Waals surface area contributed by atoms with Gasteiger partial charge in [0, 0.05) is 4.88 Å². The van der Waals surface area contributed by atoms with Gasteiger partial charge >= 0.3 is 11.9 Å². The van der Waals surface area contributed by atoms with E-state index < -0.39 is 23.8 Å². The van der Waals surface area contributed by atoms with Crippen LogP contribution in [0.1, 0.15) is 80.6 Å². The number of hydrogen-bond acceptors (Lipinski definition) is 5. The van der Waals surface area contributed by atoms with Crippen LogP contribution >= 0.6 is 11.3 Å². The lowest BCUT2D eigenvalue weighted by molar-refractivity contribution is -0.156. The third-order valence-electron chi connectivity index (χ3n) is 8.01. The summed E-state index contributed by atoms with van der Waals surface area (Å²) in [4.78, 5) is 39.5. The second kappa shape index (κ2) is 8.81. The van der Waals surface area contributed by atoms with Gasteiger partial charge in [-0.25, -0.2) is 4.79 Å². The normalized spacial score (nSPS) is 29.3. The number of esters is 1. The van der Waals surface area contributed by atoms with Crippen LogP contribution in [0.4, 0.5) is 5.00 Å². The SMILES string of the molecule is CCOC(=O)c1c(NC(=O)[C@@H]2C3CCC(CC3)[C@H]2C(=O)O)sc2c1CC[C@@H](C(C)(C)C)C2. The topological polar surface area (TPSA) is 92.7 Å². The Morgan fingerprint density at radius 3 is 2.25 bits per heavy atom. The number of carboxylic acids is 1. The summed E-state index contributed by atoms with van der Waals surface area (Å²) in [5, 5.41) is 13.4. The van der Waals surface area contributed by atoms with E-state index >= 15 is 0 Å². The maximum atomic E-state index is 13.4. The molecule has 1 aromatic heterocycles. The number of fused-ring (bicyclic) bond motifs is 4. The monoisotopic (exact) mass is 461 g/mol. The molecule has 2 N–H and O–H groups in total. The van der Waals surface area contributed by atoms with E-state index in [4.69, 9.17) is 4.74 Å². The smallest absolute Gasteiger partial charge is 0.341 e. The maximum absolute atomic E-state index is 13.4. The fraction of sp³-hybridized carbons (Fsp3) is 0.720. The number of thiophene rings is 1. The van der Waals surface area contributed by atoms with E-state index in [1.54, 1.807) is 6.92 Å². The fourth-order valence-corrected chi connectivity index (χ4v) is 7.53. The number of nitrogens with one attached hydrogen (secondary N) is 1. The van der Waals surface area contributed by atoms with Gasteiger partial charge in [-0.1, -0.05) is 20.8 Å². The lowest BCUT2D eigenvalue weighted by atomic mass is 9.58. The van der Waals surface area contributed by atoms with Crippen molar-refractivity contribution in [1.82, 2.24) is 0 Å². The summed E-state index contributed by atoms with van der Waals surface area (Å²) in [6.45, 7) is 8.79. The van der Waals surface area contributed by atoms with Gasteiger partial charge in [0.25, 0.3) is 0 Å². The molecule has 3 saturated carbocycles. The van der Waals surface area contributed by atoms with Gasteiger partial charge in [-0.3, -0.25) is 9.59 Å². The Hall–Kier alpha value is -1.89. The van der Waals surface area contributed by atoms with E-state index in [0.717, 1.165) is 55.4 Å². The van der Waals surface area contributed by atoms with Crippen LogP contribution in [0, 0.1) is 35.0 Å². The molecular weight excluding hydrogens is 426 g/mol. The molecule has 7 heteroatoms. The number of hydrogen-bond donors (Lipinski definition) is 2. The third kappa shape index (κ3) is 4.20. The van der Waals surface area contributed by atoms with Crippen LogP contribution in [0.3, 0.4) is 0 Å². The number of carboxylic acid groups (broad SMARTS) is 1. The molecule has 0 spiro atoms. The molecule has 176 valence electrons. The average molecular weight is 462 g/mol. The van der Waals surface area contributed by atoms with Crippen molar-refractivity contribution in [2.75, 3.05) is 11.9 Å². The van der Waals surface area contributed by atoms with E-state index in [9.17, 15) is 19.5 Å². The third-order valence-corrected chi connectivity index (χ3v) is 9.18. The van der Waals surface area contributed by atoms with E-state index in [1.165, 1.54) is 11.3 Å². The highest BCUT2D eigenvalue weighted by Crippen LogP contribution is 2.50. The van der Waals surface area contributed by atoms with E-state index in [2.05, 4.69) is 26.1 Å². The molecule has 3 fully saturated rings. The van der Waals surface area contributed by atoms with Crippen molar-refractivity contribution in [2.45, 2.75) is 72.6 Å². The zero-order valence-corrected chi connectivity index (χ0v) is 20.3. The predicted molar refractivity (Wildman–Crippen MR) is 124 cm³/mol. The Morgan fingerprint density at radius 1 is 1.06 bits per heavy atom. The predicted octanol–water partition coefficient (Wildman–Crippen LogP) is 5.15. The minimum Gasteiger partial charge on any atom is -0.481 e. The van der Waals surface area contributed by atoms with E-state index in [-0.39, 0.29) is 29.8 Å². The molecule has 4 aliphatic carbocycles. The highest BCUT2D eigenvalue weighted by molar-refractivity contribution is 7.17. The molecule has 32 heavy (non-hydrogen) atoms. The van der Waals surface area contributed by atoms with Crippen LogP contribution in [-0.4, -0.2) is 29.6 Å². The molecule has 0 radical (unpaired) electrons. The summed E-state index contributed by atoms with van der Waals surface area (Å²) in [6, 6.07) is 0. The van der Waals surface area contributed by atoms with E-state index in [1.807, 2.05) is 0 Å². The molecule has 2 bridgehead atoms. The highest BCUT2D eigenvalue weighted by Gasteiger charge is 2.50. The van der Waals surface area contributed by atoms with Crippen molar-refractivity contribution in [1.29, 1.82) is 0 Å². The van der Waals surface area contributed by atoms with Crippen molar-refractivity contribution < 1.29 is 24.2 Å². The van der Waals surface area contributed by atoms with Crippen LogP contribution in [0.25, 0.3) is 0 Å². The second-order valence-electron chi connectivity index (χ2n) is 10.8. The summed E-state index contributed by atoms with van der Waals surface area (Å²) >= 11 is 1.48. The standard InChI is InChI=1S/C25H35NO5S/c1-5-31-24(30)20-16-11-10-15(25(2,3)4)12-17(16)32-22(20)26-21(27)18-13-6-8-14(9-7-13)19(18)23(28)29/h13-15,18-19H,5-12H2,1-4H3,(H,26,27)(H,28,29)/t13?,14?,15-,18-,19-/m1/s1. The molecule has 6 nitrogen and oxygen atoms in total. The molecule has 5 rings (SSSR count). The minimum absolute atomic E-state index is 0.0712. The van der Waals surface area contributed by atoms with E-state index in [0.29, 0.717) is 16.5 Å². The first-order valence-corrected chi connectivity index (χ1v) is 12.8. The zero-order valence-electron chi connectivity index (χ0n) is 19.5. The van der Waals surface area contributed by atoms with Gasteiger partial charge < -0.3 is 15.2 Å². The molecule has 0 aliphatic heterocycles. The van der Waals surface area contributed by atoms with Gasteiger partial charge in [0.15, 0.2) is 0 Å². The van der Waals surface area contributed by atoms with Gasteiger partial charge in [0.05, 0.1) is 24.0 Å². The number of anilines is 1. The molecular formula is C25H35NO5S. The summed E-state index contributed by atoms with van der Waals surface area (Å²) in [7, 11) is 0. The number of amides is 1. The summed E-state index contributed by atoms with van der Waals surface area (Å²) in [5.41, 5.74) is 1.66. The zero-order chi connectivity index (χ0) is 23.2. The molecule has 1 amide bonds. The summed E-state index contributed by atoms with van der Waals surface area (Å²) < 4.78 is 5.35. The maximum Gasteiger partial charge on any atom is 0.341 e. The van der Waals surface area contributed by atoms with Gasteiger partial charge in [-0.15, -0.1) is 11.3 Å². The summed E-state index contributed by atoms with van der Waals surface area (Å²) in [6.07, 6.45) is 6.28. The number of carbonyl (C=O) groups is 3. The number of carbonyl (C=O) groups excluding carboxylic acids is 2. The average Bonchev–Trinajstić information content (AvgIpc) is 3.10. The molecule has 0 unspecified atom stereocenters. The quantitative estimate of drug-likeness (QED) is 0.592. The van der Waals surface area contributed by atoms with Crippen LogP contribution in [-0.2, 0) is 27.2 Å². The van der Waals surface area contributed by atoms with Crippen LogP contribution in [0.2, 0.25) is 0 Å². The van der Waals surface area contributed by atoms with Gasteiger partial charge in [0.1, 0.15) is 5.00 Å². The molecule has 0 saturated heterocycles. The second-order valence-corrected chi connectivity index (χ2v) is 11.9. The number of aliphatic carboxylic acids is 1. The summed E-state index contributed by atoms with van der Waals surface area (Å²) in [5.74, 6) is -1.99. The van der Waals surface area contributed by atoms with Crippen LogP contribution in [0.5, 0.6) is 0 Å². The minimum atomic E-state index is -0.872. The molecule has 1 aromatic rings. The first-order chi connectivity index (χ1) is 15.1. The molecule has 0 aromatic carbocycles. The lowest BCUT2D eigenvalue weighted by Gasteiger charge is -2.45. The van der Waals surface area contributed by atoms with Gasteiger partial charge in [-0.2, -0.15) is 0 Å². The first-order valence-electron chi connectivity index (χ1n) is 12.0. The number of ether oxygens (including phenoxy) is 1.